The molecule has 0 saturated carbocycles. The summed E-state index contributed by atoms with van der Waals surface area (Å²) in [7, 11) is 0. The highest BCUT2D eigenvalue weighted by atomic mass is 35.5. The smallest absolute Gasteiger partial charge is 0.160 e. The third-order valence-corrected chi connectivity index (χ3v) is 3.45. The Morgan fingerprint density at radius 3 is 2.95 bits per heavy atom. The minimum absolute atomic E-state index is 0.563. The van der Waals surface area contributed by atoms with E-state index in [1.54, 1.807) is 6.20 Å². The van der Waals surface area contributed by atoms with Crippen molar-refractivity contribution >= 4 is 22.8 Å². The van der Waals surface area contributed by atoms with Crippen LogP contribution < -0.4 is 0 Å². The van der Waals surface area contributed by atoms with E-state index in [2.05, 4.69) is 25.6 Å². The first-order chi connectivity index (χ1) is 9.78. The topological polar surface area (TPSA) is 48.5 Å². The first-order valence-corrected chi connectivity index (χ1v) is 7.15. The number of halogens is 1. The van der Waals surface area contributed by atoms with E-state index in [0.717, 1.165) is 42.1 Å². The predicted octanol–water partition coefficient (Wildman–Crippen LogP) is 2.42. The fourth-order valence-electron chi connectivity index (χ4n) is 2.30. The number of aryl methyl sites for hydroxylation is 4. The van der Waals surface area contributed by atoms with Crippen molar-refractivity contribution in [2.45, 2.75) is 26.4 Å². The standard InChI is InChI=1S/C14H16ClN5/c1-11-8-12-14(17-9-11)20(13(18-12)2-3-15)7-6-19-5-4-16-10-19/h4-5,8-10H,2-3,6-7H2,1H3. The van der Waals surface area contributed by atoms with Gasteiger partial charge in [0.05, 0.1) is 6.33 Å². The van der Waals surface area contributed by atoms with Gasteiger partial charge >= 0.3 is 0 Å². The summed E-state index contributed by atoms with van der Waals surface area (Å²) in [5.41, 5.74) is 2.99. The van der Waals surface area contributed by atoms with Crippen LogP contribution in [0, 0.1) is 6.92 Å². The van der Waals surface area contributed by atoms with E-state index in [-0.39, 0.29) is 0 Å². The lowest BCUT2D eigenvalue weighted by Crippen LogP contribution is -2.10. The van der Waals surface area contributed by atoms with E-state index in [0.29, 0.717) is 5.88 Å². The van der Waals surface area contributed by atoms with Gasteiger partial charge in [0.1, 0.15) is 11.3 Å². The van der Waals surface area contributed by atoms with E-state index in [1.165, 1.54) is 0 Å². The number of nitrogens with zero attached hydrogens (tertiary/aromatic N) is 5. The number of rotatable bonds is 5. The molecule has 3 rings (SSSR count). The molecule has 0 atom stereocenters. The molecule has 0 amide bonds. The van der Waals surface area contributed by atoms with Crippen LogP contribution in [0.15, 0.2) is 31.0 Å². The molecule has 0 bridgehead atoms. The minimum atomic E-state index is 0.563. The highest BCUT2D eigenvalue weighted by Crippen LogP contribution is 2.16. The second kappa shape index (κ2) is 5.63. The molecule has 6 heteroatoms. The Morgan fingerprint density at radius 2 is 2.20 bits per heavy atom. The summed E-state index contributed by atoms with van der Waals surface area (Å²) in [6, 6.07) is 2.06. The molecule has 0 spiro atoms. The number of imidazole rings is 2. The molecule has 0 radical (unpaired) electrons. The highest BCUT2D eigenvalue weighted by Gasteiger charge is 2.11. The molecule has 104 valence electrons. The lowest BCUT2D eigenvalue weighted by Gasteiger charge is -2.08. The Hall–Kier alpha value is -1.88. The van der Waals surface area contributed by atoms with Crippen molar-refractivity contribution in [3.05, 3.63) is 42.4 Å². The van der Waals surface area contributed by atoms with Crippen molar-refractivity contribution in [2.24, 2.45) is 0 Å². The van der Waals surface area contributed by atoms with Crippen LogP contribution in [0.2, 0.25) is 0 Å². The van der Waals surface area contributed by atoms with Gasteiger partial charge in [0.15, 0.2) is 5.65 Å². The molecule has 20 heavy (non-hydrogen) atoms. The van der Waals surface area contributed by atoms with Gasteiger partial charge in [0.2, 0.25) is 0 Å². The Kier molecular flexibility index (Phi) is 3.69. The van der Waals surface area contributed by atoms with Gasteiger partial charge in [-0.05, 0) is 18.6 Å². The van der Waals surface area contributed by atoms with Crippen LogP contribution in [0.1, 0.15) is 11.4 Å². The lowest BCUT2D eigenvalue weighted by atomic mass is 10.3. The van der Waals surface area contributed by atoms with E-state index in [9.17, 15) is 0 Å². The summed E-state index contributed by atoms with van der Waals surface area (Å²) < 4.78 is 4.20. The third-order valence-electron chi connectivity index (χ3n) is 3.26. The molecule has 0 fully saturated rings. The van der Waals surface area contributed by atoms with Crippen molar-refractivity contribution in [2.75, 3.05) is 5.88 Å². The van der Waals surface area contributed by atoms with Gasteiger partial charge in [0, 0.05) is 44.0 Å². The maximum Gasteiger partial charge on any atom is 0.160 e. The van der Waals surface area contributed by atoms with Crippen molar-refractivity contribution in [3.63, 3.8) is 0 Å². The molecule has 0 saturated heterocycles. The maximum atomic E-state index is 5.88. The predicted molar refractivity (Wildman–Crippen MR) is 78.9 cm³/mol. The van der Waals surface area contributed by atoms with Gasteiger partial charge in [-0.25, -0.2) is 15.0 Å². The molecule has 3 heterocycles. The van der Waals surface area contributed by atoms with E-state index in [4.69, 9.17) is 11.6 Å². The first kappa shape index (κ1) is 13.1. The Balaban J connectivity index is 1.95. The normalized spacial score (nSPS) is 11.3. The summed E-state index contributed by atoms with van der Waals surface area (Å²) >= 11 is 5.88. The monoisotopic (exact) mass is 289 g/mol. The molecule has 3 aromatic rings. The molecule has 0 aliphatic rings. The number of hydrogen-bond donors (Lipinski definition) is 0. The second-order valence-electron chi connectivity index (χ2n) is 4.77. The minimum Gasteiger partial charge on any atom is -0.336 e. The SMILES string of the molecule is Cc1cnc2c(c1)nc(CCCl)n2CCn1ccnc1. The Labute approximate surface area is 122 Å². The van der Waals surface area contributed by atoms with Gasteiger partial charge in [0.25, 0.3) is 0 Å². The summed E-state index contributed by atoms with van der Waals surface area (Å²) in [5, 5.41) is 0. The van der Waals surface area contributed by atoms with E-state index in [1.807, 2.05) is 30.2 Å². The molecule has 0 unspecified atom stereocenters. The number of fused-ring (bicyclic) bond motifs is 1. The number of hydrogen-bond acceptors (Lipinski definition) is 3. The Bertz CT molecular complexity index is 702. The average molecular weight is 290 g/mol. The van der Waals surface area contributed by atoms with E-state index >= 15 is 0 Å². The lowest BCUT2D eigenvalue weighted by molar-refractivity contribution is 0.569. The summed E-state index contributed by atoms with van der Waals surface area (Å²) in [5.74, 6) is 1.56. The van der Waals surface area contributed by atoms with Gasteiger partial charge in [-0.15, -0.1) is 11.6 Å². The van der Waals surface area contributed by atoms with Crippen LogP contribution in [-0.2, 0) is 19.5 Å². The molecule has 0 aliphatic carbocycles. The molecular formula is C14H16ClN5. The fraction of sp³-hybridized carbons (Fsp3) is 0.357. The van der Waals surface area contributed by atoms with Gasteiger partial charge in [-0.1, -0.05) is 0 Å². The number of aromatic nitrogens is 5. The van der Waals surface area contributed by atoms with Crippen LogP contribution in [0.5, 0.6) is 0 Å². The molecule has 5 nitrogen and oxygen atoms in total. The molecule has 0 aliphatic heterocycles. The van der Waals surface area contributed by atoms with Crippen LogP contribution in [0.3, 0.4) is 0 Å². The number of pyridine rings is 1. The maximum absolute atomic E-state index is 5.88. The van der Waals surface area contributed by atoms with Crippen LogP contribution >= 0.6 is 11.6 Å². The summed E-state index contributed by atoms with van der Waals surface area (Å²) in [4.78, 5) is 13.2. The van der Waals surface area contributed by atoms with Gasteiger partial charge in [-0.2, -0.15) is 0 Å². The summed E-state index contributed by atoms with van der Waals surface area (Å²) in [6.45, 7) is 3.68. The zero-order valence-corrected chi connectivity index (χ0v) is 12.1. The quantitative estimate of drug-likeness (QED) is 0.678. The van der Waals surface area contributed by atoms with E-state index < -0.39 is 0 Å². The fourth-order valence-corrected chi connectivity index (χ4v) is 2.47. The van der Waals surface area contributed by atoms with Gasteiger partial charge < -0.3 is 9.13 Å². The molecule has 0 N–H and O–H groups in total. The van der Waals surface area contributed by atoms with Gasteiger partial charge in [-0.3, -0.25) is 0 Å². The Morgan fingerprint density at radius 1 is 1.30 bits per heavy atom. The third kappa shape index (κ3) is 2.54. The number of alkyl halides is 1. The van der Waals surface area contributed by atoms with Crippen molar-refractivity contribution in [1.82, 2.24) is 24.1 Å². The zero-order valence-electron chi connectivity index (χ0n) is 11.3. The summed E-state index contributed by atoms with van der Waals surface area (Å²) in [6.07, 6.45) is 8.19. The first-order valence-electron chi connectivity index (χ1n) is 6.61. The molecule has 3 aromatic heterocycles. The van der Waals surface area contributed by atoms with Crippen molar-refractivity contribution < 1.29 is 0 Å². The molecule has 0 aromatic carbocycles. The van der Waals surface area contributed by atoms with Crippen molar-refractivity contribution in [1.29, 1.82) is 0 Å². The van der Waals surface area contributed by atoms with Crippen LogP contribution in [0.25, 0.3) is 11.2 Å². The largest absolute Gasteiger partial charge is 0.336 e. The molecular weight excluding hydrogens is 274 g/mol. The van der Waals surface area contributed by atoms with Crippen LogP contribution in [0.4, 0.5) is 0 Å². The van der Waals surface area contributed by atoms with Crippen LogP contribution in [-0.4, -0.2) is 30.0 Å². The average Bonchev–Trinajstić information content (AvgIpc) is 3.04. The van der Waals surface area contributed by atoms with Crippen molar-refractivity contribution in [3.8, 4) is 0 Å². The zero-order chi connectivity index (χ0) is 13.9. The second-order valence-corrected chi connectivity index (χ2v) is 5.15. The highest BCUT2D eigenvalue weighted by molar-refractivity contribution is 6.17.